The summed E-state index contributed by atoms with van der Waals surface area (Å²) in [7, 11) is 0. The Morgan fingerprint density at radius 3 is 0.765 bits per heavy atom. The van der Waals surface area contributed by atoms with Crippen molar-refractivity contribution in [2.75, 3.05) is 13.2 Å². The van der Waals surface area contributed by atoms with Crippen LogP contribution in [0.25, 0.3) is 0 Å². The number of allylic oxidation sites excluding steroid dienone is 22. The predicted octanol–water partition coefficient (Wildman–Crippen LogP) is 23.3. The molecule has 1 atom stereocenters. The topological polar surface area (TPSA) is 78.9 Å². The van der Waals surface area contributed by atoms with Crippen molar-refractivity contribution < 1.29 is 28.6 Å². The normalized spacial score (nSPS) is 13.0. The average Bonchev–Trinajstić information content (AvgIpc) is 3.47. The Kier molecular flexibility index (Phi) is 64.3. The zero-order chi connectivity index (χ0) is 58.5. The summed E-state index contributed by atoms with van der Waals surface area (Å²) in [5.74, 6) is -0.944. The molecule has 0 fully saturated rings. The molecule has 0 aliphatic rings. The van der Waals surface area contributed by atoms with E-state index in [2.05, 4.69) is 154 Å². The van der Waals surface area contributed by atoms with Gasteiger partial charge in [-0.15, -0.1) is 0 Å². The van der Waals surface area contributed by atoms with Crippen LogP contribution in [0.5, 0.6) is 0 Å². The highest BCUT2D eigenvalue weighted by molar-refractivity contribution is 5.71. The number of carbonyl (C=O) groups excluding carboxylic acids is 3. The quantitative estimate of drug-likeness (QED) is 0.0261. The fourth-order valence-electron chi connectivity index (χ4n) is 9.14. The lowest BCUT2D eigenvalue weighted by Crippen LogP contribution is -2.30. The Balaban J connectivity index is 4.46. The van der Waals surface area contributed by atoms with Crippen LogP contribution in [0.3, 0.4) is 0 Å². The molecule has 0 amide bonds. The highest BCUT2D eigenvalue weighted by Crippen LogP contribution is 2.16. The van der Waals surface area contributed by atoms with Crippen LogP contribution in [-0.2, 0) is 28.6 Å². The highest BCUT2D eigenvalue weighted by atomic mass is 16.6. The van der Waals surface area contributed by atoms with Crippen molar-refractivity contribution in [1.29, 1.82) is 0 Å². The van der Waals surface area contributed by atoms with Gasteiger partial charge in [0, 0.05) is 19.3 Å². The summed E-state index contributed by atoms with van der Waals surface area (Å²) in [6.07, 6.45) is 96.0. The maximum absolute atomic E-state index is 13.0. The molecule has 0 aromatic heterocycles. The smallest absolute Gasteiger partial charge is 0.306 e. The summed E-state index contributed by atoms with van der Waals surface area (Å²) in [5, 5.41) is 0. The molecule has 0 aromatic carbocycles. The van der Waals surface area contributed by atoms with Gasteiger partial charge in [0.1, 0.15) is 13.2 Å². The van der Waals surface area contributed by atoms with Crippen molar-refractivity contribution in [1.82, 2.24) is 0 Å². The molecule has 460 valence electrons. The van der Waals surface area contributed by atoms with E-state index in [9.17, 15) is 14.4 Å². The number of unbranched alkanes of at least 4 members (excludes halogenated alkanes) is 27. The predicted molar refractivity (Wildman–Crippen MR) is 353 cm³/mol. The lowest BCUT2D eigenvalue weighted by Gasteiger charge is -2.18. The maximum Gasteiger partial charge on any atom is 0.306 e. The molecule has 0 spiro atoms. The number of hydrogen-bond donors (Lipinski definition) is 0. The molecule has 6 heteroatoms. The Labute approximate surface area is 500 Å². The van der Waals surface area contributed by atoms with Gasteiger partial charge in [0.15, 0.2) is 6.10 Å². The molecule has 0 aromatic rings. The average molecular weight is 1120 g/mol. The van der Waals surface area contributed by atoms with E-state index in [1.54, 1.807) is 0 Å². The number of esters is 3. The molecule has 81 heavy (non-hydrogen) atoms. The van der Waals surface area contributed by atoms with E-state index in [1.807, 2.05) is 0 Å². The van der Waals surface area contributed by atoms with Crippen molar-refractivity contribution in [3.8, 4) is 0 Å². The Morgan fingerprint density at radius 2 is 0.481 bits per heavy atom. The molecule has 6 nitrogen and oxygen atoms in total. The van der Waals surface area contributed by atoms with Crippen molar-refractivity contribution in [3.05, 3.63) is 134 Å². The summed E-state index contributed by atoms with van der Waals surface area (Å²) in [5.41, 5.74) is 0. The Morgan fingerprint density at radius 1 is 0.259 bits per heavy atom. The summed E-state index contributed by atoms with van der Waals surface area (Å²) in [6.45, 7) is 6.39. The van der Waals surface area contributed by atoms with E-state index < -0.39 is 6.10 Å². The largest absolute Gasteiger partial charge is 0.462 e. The van der Waals surface area contributed by atoms with Gasteiger partial charge in [0.05, 0.1) is 0 Å². The van der Waals surface area contributed by atoms with E-state index in [4.69, 9.17) is 14.2 Å². The summed E-state index contributed by atoms with van der Waals surface area (Å²) < 4.78 is 16.9. The fraction of sp³-hybridized carbons (Fsp3) is 0.667. The van der Waals surface area contributed by atoms with Gasteiger partial charge in [-0.05, 0) is 135 Å². The molecule has 0 saturated carbocycles. The summed E-state index contributed by atoms with van der Waals surface area (Å²) in [6, 6.07) is 0. The van der Waals surface area contributed by atoms with Gasteiger partial charge in [-0.1, -0.05) is 283 Å². The van der Waals surface area contributed by atoms with Gasteiger partial charge >= 0.3 is 17.9 Å². The van der Waals surface area contributed by atoms with Crippen LogP contribution in [0, 0.1) is 0 Å². The van der Waals surface area contributed by atoms with E-state index in [0.29, 0.717) is 19.3 Å². The summed E-state index contributed by atoms with van der Waals surface area (Å²) >= 11 is 0. The minimum absolute atomic E-state index is 0.102. The first-order chi connectivity index (χ1) is 40.0. The standard InChI is InChI=1S/C75H124O6/c1-4-7-10-13-16-19-22-25-28-31-33-35-37-39-41-44-47-50-53-56-59-62-65-68-74(77)80-71-72(70-79-73(76)67-64-61-58-55-52-49-46-43-30-27-24-21-18-15-12-9-6-3)81-75(78)69-66-63-60-57-54-51-48-45-42-40-38-36-34-32-29-26-23-20-17-14-11-8-5-2/h7,9-10,12,16,18-19,21,25,27-28,30,32-35,39,41,46-47,49-50,72H,4-6,8,11,13-15,17,20,22-24,26,29,31,36-38,40,42-45,48,51-71H2,1-3H3/b10-7-,12-9-,19-16-,21-18-,28-25-,30-27-,34-32-,35-33-,41-39-,49-46-,50-47-. The lowest BCUT2D eigenvalue weighted by atomic mass is 10.0. The zero-order valence-corrected chi connectivity index (χ0v) is 52.8. The number of ether oxygens (including phenoxy) is 3. The number of carbonyl (C=O) groups is 3. The SMILES string of the molecule is CC/C=C\C/C=C\C/C=C\C/C=C\C/C=C\C/C=C\CCCCCCC(=O)OCC(COC(=O)CCCCCC/C=C\C/C=C\C/C=C\C/C=C\CC)OC(=O)CCCCCCCCCCCCC/C=C\CCCCCCCCCC. The fourth-order valence-corrected chi connectivity index (χ4v) is 9.14. The molecule has 0 bridgehead atoms. The highest BCUT2D eigenvalue weighted by Gasteiger charge is 2.19. The second-order valence-corrected chi connectivity index (χ2v) is 22.0. The third-order valence-electron chi connectivity index (χ3n) is 14.1. The molecule has 0 radical (unpaired) electrons. The lowest BCUT2D eigenvalue weighted by molar-refractivity contribution is -0.167. The molecule has 1 unspecified atom stereocenters. The number of rotatable bonds is 60. The third-order valence-corrected chi connectivity index (χ3v) is 14.1. The Hall–Kier alpha value is -4.45. The van der Waals surface area contributed by atoms with Gasteiger partial charge in [-0.3, -0.25) is 14.4 Å². The van der Waals surface area contributed by atoms with E-state index in [-0.39, 0.29) is 31.1 Å². The van der Waals surface area contributed by atoms with Gasteiger partial charge in [-0.2, -0.15) is 0 Å². The van der Waals surface area contributed by atoms with E-state index in [0.717, 1.165) is 148 Å². The van der Waals surface area contributed by atoms with Crippen LogP contribution in [0.2, 0.25) is 0 Å². The first-order valence-electron chi connectivity index (χ1n) is 33.7. The van der Waals surface area contributed by atoms with Crippen LogP contribution in [0.1, 0.15) is 303 Å². The zero-order valence-electron chi connectivity index (χ0n) is 52.8. The van der Waals surface area contributed by atoms with Crippen LogP contribution in [-0.4, -0.2) is 37.2 Å². The number of hydrogen-bond acceptors (Lipinski definition) is 6. The van der Waals surface area contributed by atoms with Crippen LogP contribution in [0.15, 0.2) is 134 Å². The van der Waals surface area contributed by atoms with E-state index in [1.165, 1.54) is 116 Å². The third kappa shape index (κ3) is 66.2. The minimum atomic E-state index is -0.807. The molecule has 0 rings (SSSR count). The molecule has 0 saturated heterocycles. The molecule has 0 heterocycles. The Bertz CT molecular complexity index is 1720. The van der Waals surface area contributed by atoms with E-state index >= 15 is 0 Å². The first-order valence-corrected chi connectivity index (χ1v) is 33.7. The molecular formula is C75H124O6. The van der Waals surface area contributed by atoms with Crippen LogP contribution >= 0.6 is 0 Å². The second-order valence-electron chi connectivity index (χ2n) is 22.0. The van der Waals surface area contributed by atoms with Crippen LogP contribution < -0.4 is 0 Å². The van der Waals surface area contributed by atoms with Gasteiger partial charge in [0.2, 0.25) is 0 Å². The molecular weight excluding hydrogens is 997 g/mol. The maximum atomic E-state index is 13.0. The first kappa shape index (κ1) is 76.5. The van der Waals surface area contributed by atoms with Crippen molar-refractivity contribution in [3.63, 3.8) is 0 Å². The molecule has 0 aliphatic heterocycles. The van der Waals surface area contributed by atoms with Crippen LogP contribution in [0.4, 0.5) is 0 Å². The van der Waals surface area contributed by atoms with Gasteiger partial charge in [0.25, 0.3) is 0 Å². The van der Waals surface area contributed by atoms with Gasteiger partial charge < -0.3 is 14.2 Å². The molecule has 0 aliphatic carbocycles. The summed E-state index contributed by atoms with van der Waals surface area (Å²) in [4.78, 5) is 38.4. The molecule has 0 N–H and O–H groups in total. The minimum Gasteiger partial charge on any atom is -0.462 e. The van der Waals surface area contributed by atoms with Gasteiger partial charge in [-0.25, -0.2) is 0 Å². The second kappa shape index (κ2) is 68.1. The van der Waals surface area contributed by atoms with Crippen molar-refractivity contribution >= 4 is 17.9 Å². The van der Waals surface area contributed by atoms with Crippen molar-refractivity contribution in [2.24, 2.45) is 0 Å². The monoisotopic (exact) mass is 1120 g/mol. The van der Waals surface area contributed by atoms with Crippen molar-refractivity contribution in [2.45, 2.75) is 309 Å².